The number of cyclic esters (lactones) is 1. The van der Waals surface area contributed by atoms with E-state index in [1.54, 1.807) is 13.8 Å². The van der Waals surface area contributed by atoms with Crippen LogP contribution in [0.15, 0.2) is 4.79 Å². The highest BCUT2D eigenvalue weighted by atomic mass is 16.6. The molecule has 0 aliphatic carbocycles. The zero-order valence-electron chi connectivity index (χ0n) is 12.4. The molecule has 22 heavy (non-hydrogen) atoms. The van der Waals surface area contributed by atoms with Crippen LogP contribution in [0, 0.1) is 25.2 Å². The molecular weight excluding hydrogens is 288 g/mol. The van der Waals surface area contributed by atoms with Crippen LogP contribution < -0.4 is 5.56 Å². The number of nitriles is 1. The van der Waals surface area contributed by atoms with E-state index in [0.717, 1.165) is 5.56 Å². The number of hydrogen-bond donors (Lipinski definition) is 1. The van der Waals surface area contributed by atoms with Crippen molar-refractivity contribution in [1.82, 2.24) is 4.98 Å². The van der Waals surface area contributed by atoms with E-state index in [4.69, 9.17) is 14.7 Å². The van der Waals surface area contributed by atoms with E-state index in [9.17, 15) is 14.4 Å². The second kappa shape index (κ2) is 6.43. The molecule has 2 heterocycles. The quantitative estimate of drug-likeness (QED) is 0.818. The molecule has 1 atom stereocenters. The third-order valence-corrected chi connectivity index (χ3v) is 3.66. The van der Waals surface area contributed by atoms with Gasteiger partial charge in [0.1, 0.15) is 11.6 Å². The summed E-state index contributed by atoms with van der Waals surface area (Å²) in [5.41, 5.74) is 1.54. The van der Waals surface area contributed by atoms with E-state index < -0.39 is 23.6 Å². The molecule has 1 N–H and O–H groups in total. The summed E-state index contributed by atoms with van der Waals surface area (Å²) in [5.74, 6) is -1.02. The Kier molecular flexibility index (Phi) is 4.61. The van der Waals surface area contributed by atoms with Crippen LogP contribution >= 0.6 is 0 Å². The first kappa shape index (κ1) is 15.8. The molecule has 1 aliphatic heterocycles. The number of aromatic nitrogens is 1. The molecule has 1 saturated heterocycles. The van der Waals surface area contributed by atoms with Crippen molar-refractivity contribution in [2.45, 2.75) is 39.2 Å². The van der Waals surface area contributed by atoms with Crippen LogP contribution in [-0.2, 0) is 25.5 Å². The van der Waals surface area contributed by atoms with Crippen LogP contribution in [0.25, 0.3) is 0 Å². The monoisotopic (exact) mass is 304 g/mol. The van der Waals surface area contributed by atoms with Crippen LogP contribution in [-0.4, -0.2) is 29.6 Å². The van der Waals surface area contributed by atoms with Gasteiger partial charge in [-0.2, -0.15) is 5.26 Å². The van der Waals surface area contributed by atoms with Gasteiger partial charge in [-0.1, -0.05) is 0 Å². The molecule has 0 bridgehead atoms. The number of ether oxygens (including phenoxy) is 2. The summed E-state index contributed by atoms with van der Waals surface area (Å²) in [6, 6.07) is 1.86. The summed E-state index contributed by atoms with van der Waals surface area (Å²) in [5, 5.41) is 9.00. The van der Waals surface area contributed by atoms with Gasteiger partial charge < -0.3 is 14.5 Å². The number of hydrogen-bond acceptors (Lipinski definition) is 6. The van der Waals surface area contributed by atoms with Crippen molar-refractivity contribution < 1.29 is 19.1 Å². The van der Waals surface area contributed by atoms with E-state index in [2.05, 4.69) is 4.98 Å². The Morgan fingerprint density at radius 1 is 1.45 bits per heavy atom. The molecule has 1 aliphatic rings. The van der Waals surface area contributed by atoms with Gasteiger partial charge in [-0.25, -0.2) is 4.79 Å². The Morgan fingerprint density at radius 3 is 2.77 bits per heavy atom. The molecule has 0 saturated carbocycles. The topological polar surface area (TPSA) is 109 Å². The third kappa shape index (κ3) is 3.17. The van der Waals surface area contributed by atoms with E-state index in [1.807, 2.05) is 6.07 Å². The zero-order valence-corrected chi connectivity index (χ0v) is 12.4. The fourth-order valence-corrected chi connectivity index (χ4v) is 2.45. The maximum Gasteiger partial charge on any atom is 0.347 e. The normalized spacial score (nSPS) is 17.0. The van der Waals surface area contributed by atoms with Gasteiger partial charge in [0, 0.05) is 18.5 Å². The molecule has 7 heteroatoms. The molecule has 0 aromatic carbocycles. The number of aromatic amines is 1. The van der Waals surface area contributed by atoms with Crippen molar-refractivity contribution in [3.63, 3.8) is 0 Å². The number of carbonyl (C=O) groups excluding carboxylic acids is 2. The van der Waals surface area contributed by atoms with Crippen LogP contribution in [0.2, 0.25) is 0 Å². The van der Waals surface area contributed by atoms with Crippen LogP contribution in [0.1, 0.15) is 35.2 Å². The summed E-state index contributed by atoms with van der Waals surface area (Å²) in [7, 11) is 0. The van der Waals surface area contributed by atoms with Gasteiger partial charge in [-0.3, -0.25) is 9.59 Å². The Hall–Kier alpha value is -2.62. The number of nitrogens with one attached hydrogen (secondary N) is 1. The minimum absolute atomic E-state index is 0.0494. The van der Waals surface area contributed by atoms with Crippen LogP contribution in [0.4, 0.5) is 0 Å². The Bertz CT molecular complexity index is 714. The third-order valence-electron chi connectivity index (χ3n) is 3.66. The number of rotatable bonds is 4. The van der Waals surface area contributed by atoms with Crippen molar-refractivity contribution in [3.8, 4) is 6.07 Å². The van der Waals surface area contributed by atoms with E-state index in [-0.39, 0.29) is 18.6 Å². The maximum absolute atomic E-state index is 11.8. The van der Waals surface area contributed by atoms with Crippen molar-refractivity contribution in [2.75, 3.05) is 6.61 Å². The Balaban J connectivity index is 2.06. The van der Waals surface area contributed by atoms with Gasteiger partial charge in [0.25, 0.3) is 5.56 Å². The molecule has 1 aromatic heterocycles. The lowest BCUT2D eigenvalue weighted by Gasteiger charge is -2.11. The summed E-state index contributed by atoms with van der Waals surface area (Å²) >= 11 is 0. The van der Waals surface area contributed by atoms with E-state index >= 15 is 0 Å². The molecular formula is C15H16N2O5. The fraction of sp³-hybridized carbons (Fsp3) is 0.467. The molecule has 2 rings (SSSR count). The molecule has 0 radical (unpaired) electrons. The molecule has 1 aromatic rings. The average Bonchev–Trinajstić information content (AvgIpc) is 2.84. The number of H-pyrrole nitrogens is 1. The molecule has 116 valence electrons. The number of aryl methyl sites for hydroxylation is 1. The summed E-state index contributed by atoms with van der Waals surface area (Å²) in [6.07, 6.45) is -0.0636. The van der Waals surface area contributed by atoms with Gasteiger partial charge >= 0.3 is 11.9 Å². The first-order valence-electron chi connectivity index (χ1n) is 6.92. The number of carbonyl (C=O) groups is 2. The van der Waals surface area contributed by atoms with Crippen molar-refractivity contribution in [1.29, 1.82) is 5.26 Å². The van der Waals surface area contributed by atoms with Crippen LogP contribution in [0.5, 0.6) is 0 Å². The zero-order chi connectivity index (χ0) is 16.3. The summed E-state index contributed by atoms with van der Waals surface area (Å²) in [4.78, 5) is 37.3. The van der Waals surface area contributed by atoms with Gasteiger partial charge in [0.2, 0.25) is 6.10 Å². The highest BCUT2D eigenvalue weighted by molar-refractivity contribution is 5.80. The Morgan fingerprint density at radius 2 is 2.18 bits per heavy atom. The van der Waals surface area contributed by atoms with Gasteiger partial charge in [0.15, 0.2) is 0 Å². The minimum Gasteiger partial charge on any atom is -0.463 e. The van der Waals surface area contributed by atoms with Crippen molar-refractivity contribution in [2.24, 2.45) is 0 Å². The van der Waals surface area contributed by atoms with Gasteiger partial charge in [-0.15, -0.1) is 0 Å². The minimum atomic E-state index is -0.819. The molecule has 1 fully saturated rings. The van der Waals surface area contributed by atoms with E-state index in [1.165, 1.54) is 0 Å². The molecule has 0 spiro atoms. The van der Waals surface area contributed by atoms with Crippen molar-refractivity contribution >= 4 is 11.9 Å². The van der Waals surface area contributed by atoms with Crippen molar-refractivity contribution in [3.05, 3.63) is 32.7 Å². The smallest absolute Gasteiger partial charge is 0.347 e. The summed E-state index contributed by atoms with van der Waals surface area (Å²) < 4.78 is 9.77. The molecule has 0 amide bonds. The number of pyridine rings is 1. The SMILES string of the molecule is Cc1[nH]c(=O)c(C#N)c(C)c1CCC(=O)O[C@H]1CCOC1=O. The predicted molar refractivity (Wildman–Crippen MR) is 75.0 cm³/mol. The first-order valence-corrected chi connectivity index (χ1v) is 6.92. The summed E-state index contributed by atoms with van der Waals surface area (Å²) in [6.45, 7) is 3.65. The average molecular weight is 304 g/mol. The number of nitrogens with zero attached hydrogens (tertiary/aromatic N) is 1. The van der Waals surface area contributed by atoms with Crippen LogP contribution in [0.3, 0.4) is 0 Å². The molecule has 7 nitrogen and oxygen atoms in total. The largest absolute Gasteiger partial charge is 0.463 e. The standard InChI is InChI=1S/C15H16N2O5/c1-8-10(9(2)17-14(19)11(8)7-16)3-4-13(18)22-12-5-6-21-15(12)20/h12H,3-6H2,1-2H3,(H,17,19)/t12-/m0/s1. The lowest BCUT2D eigenvalue weighted by atomic mass is 9.99. The Labute approximate surface area is 126 Å². The van der Waals surface area contributed by atoms with Gasteiger partial charge in [0.05, 0.1) is 6.61 Å². The fourth-order valence-electron chi connectivity index (χ4n) is 2.45. The number of esters is 2. The lowest BCUT2D eigenvalue weighted by Crippen LogP contribution is -2.23. The maximum atomic E-state index is 11.8. The van der Waals surface area contributed by atoms with E-state index in [0.29, 0.717) is 24.1 Å². The highest BCUT2D eigenvalue weighted by Gasteiger charge is 2.30. The van der Waals surface area contributed by atoms with Gasteiger partial charge in [-0.05, 0) is 31.4 Å². The second-order valence-corrected chi connectivity index (χ2v) is 5.10. The first-order chi connectivity index (χ1) is 10.4. The molecule has 0 unspecified atom stereocenters. The second-order valence-electron chi connectivity index (χ2n) is 5.10. The lowest BCUT2D eigenvalue weighted by molar-refractivity contribution is -0.160. The highest BCUT2D eigenvalue weighted by Crippen LogP contribution is 2.16. The predicted octanol–water partition coefficient (Wildman–Crippen LogP) is 0.655.